The number of carbonyl (C=O) groups is 2. The zero-order valence-corrected chi connectivity index (χ0v) is 17.8. The Labute approximate surface area is 184 Å². The Morgan fingerprint density at radius 3 is 2.06 bits per heavy atom. The van der Waals surface area contributed by atoms with E-state index in [-0.39, 0.29) is 24.3 Å². The molecule has 31 heavy (non-hydrogen) atoms. The maximum Gasteiger partial charge on any atom is 0.251 e. The van der Waals surface area contributed by atoms with Crippen LogP contribution in [0.5, 0.6) is 0 Å². The van der Waals surface area contributed by atoms with Crippen LogP contribution in [-0.2, 0) is 4.79 Å². The molecule has 3 rings (SSSR count). The monoisotopic (exact) mass is 415 g/mol. The minimum atomic E-state index is -0.388. The van der Waals surface area contributed by atoms with Crippen LogP contribution in [0.25, 0.3) is 0 Å². The molecule has 0 heterocycles. The van der Waals surface area contributed by atoms with E-state index < -0.39 is 0 Å². The number of anilines is 1. The van der Waals surface area contributed by atoms with E-state index in [4.69, 9.17) is 0 Å². The van der Waals surface area contributed by atoms with E-state index >= 15 is 0 Å². The molecular weight excluding hydrogens is 386 g/mol. The summed E-state index contributed by atoms with van der Waals surface area (Å²) in [6, 6.07) is 28.4. The molecule has 3 aromatic carbocycles. The third-order valence-electron chi connectivity index (χ3n) is 5.12. The van der Waals surface area contributed by atoms with Crippen molar-refractivity contribution in [3.05, 3.63) is 102 Å². The van der Waals surface area contributed by atoms with Gasteiger partial charge < -0.3 is 15.5 Å². The first-order valence-corrected chi connectivity index (χ1v) is 10.6. The van der Waals surface area contributed by atoms with E-state index in [0.717, 1.165) is 24.2 Å². The molecule has 5 nitrogen and oxygen atoms in total. The highest BCUT2D eigenvalue weighted by Gasteiger charge is 2.19. The van der Waals surface area contributed by atoms with Gasteiger partial charge in [-0.3, -0.25) is 9.59 Å². The van der Waals surface area contributed by atoms with Gasteiger partial charge >= 0.3 is 0 Å². The Bertz CT molecular complexity index is 946. The van der Waals surface area contributed by atoms with Crippen LogP contribution in [0, 0.1) is 0 Å². The molecular formula is C26H29N3O2. The van der Waals surface area contributed by atoms with Crippen molar-refractivity contribution in [3.8, 4) is 0 Å². The van der Waals surface area contributed by atoms with E-state index in [1.165, 1.54) is 0 Å². The number of carbonyl (C=O) groups excluding carboxylic acids is 2. The van der Waals surface area contributed by atoms with Gasteiger partial charge in [0.1, 0.15) is 0 Å². The van der Waals surface area contributed by atoms with Crippen molar-refractivity contribution in [2.24, 2.45) is 0 Å². The third kappa shape index (κ3) is 7.00. The fourth-order valence-corrected chi connectivity index (χ4v) is 3.38. The lowest BCUT2D eigenvalue weighted by molar-refractivity contribution is -0.121. The Hall–Kier alpha value is -3.60. The summed E-state index contributed by atoms with van der Waals surface area (Å²) in [7, 11) is 2.04. The minimum absolute atomic E-state index is 0.0791. The molecule has 2 amide bonds. The molecule has 160 valence electrons. The number of nitrogens with one attached hydrogen (secondary N) is 2. The van der Waals surface area contributed by atoms with Crippen LogP contribution in [-0.4, -0.2) is 32.0 Å². The van der Waals surface area contributed by atoms with Gasteiger partial charge in [0.2, 0.25) is 5.91 Å². The highest BCUT2D eigenvalue weighted by atomic mass is 16.2. The number of para-hydroxylation sites is 1. The van der Waals surface area contributed by atoms with Gasteiger partial charge in [0.25, 0.3) is 5.91 Å². The topological polar surface area (TPSA) is 61.4 Å². The van der Waals surface area contributed by atoms with Gasteiger partial charge in [-0.1, -0.05) is 66.7 Å². The molecule has 0 aliphatic rings. The number of nitrogens with zero attached hydrogens (tertiary/aromatic N) is 1. The Balaban J connectivity index is 1.52. The van der Waals surface area contributed by atoms with Crippen LogP contribution in [0.15, 0.2) is 91.0 Å². The Morgan fingerprint density at radius 2 is 1.42 bits per heavy atom. The molecule has 0 saturated carbocycles. The average molecular weight is 416 g/mol. The zero-order valence-electron chi connectivity index (χ0n) is 17.8. The van der Waals surface area contributed by atoms with Crippen molar-refractivity contribution in [1.82, 2.24) is 10.6 Å². The van der Waals surface area contributed by atoms with Gasteiger partial charge in [-0.25, -0.2) is 0 Å². The molecule has 0 aliphatic heterocycles. The summed E-state index contributed by atoms with van der Waals surface area (Å²) in [5, 5.41) is 5.99. The van der Waals surface area contributed by atoms with Gasteiger partial charge in [0.05, 0.1) is 12.5 Å². The van der Waals surface area contributed by atoms with Crippen molar-refractivity contribution in [1.29, 1.82) is 0 Å². The normalized spacial score (nSPS) is 11.4. The second-order valence-electron chi connectivity index (χ2n) is 7.47. The van der Waals surface area contributed by atoms with Crippen molar-refractivity contribution >= 4 is 17.5 Å². The van der Waals surface area contributed by atoms with E-state index in [2.05, 4.69) is 27.7 Å². The van der Waals surface area contributed by atoms with Crippen molar-refractivity contribution in [3.63, 3.8) is 0 Å². The van der Waals surface area contributed by atoms with Crippen molar-refractivity contribution in [2.45, 2.75) is 18.9 Å². The first-order valence-electron chi connectivity index (χ1n) is 10.6. The summed E-state index contributed by atoms with van der Waals surface area (Å²) in [5.74, 6) is -0.267. The molecule has 2 N–H and O–H groups in total. The maximum absolute atomic E-state index is 12.6. The summed E-state index contributed by atoms with van der Waals surface area (Å²) in [6.07, 6.45) is 1.03. The first-order chi connectivity index (χ1) is 15.1. The van der Waals surface area contributed by atoms with Crippen LogP contribution >= 0.6 is 0 Å². The molecule has 0 fully saturated rings. The lowest BCUT2D eigenvalue weighted by Gasteiger charge is -2.20. The van der Waals surface area contributed by atoms with Crippen LogP contribution < -0.4 is 15.5 Å². The first kappa shape index (κ1) is 22.1. The second-order valence-corrected chi connectivity index (χ2v) is 7.47. The summed E-state index contributed by atoms with van der Waals surface area (Å²) >= 11 is 0. The molecule has 0 aromatic heterocycles. The van der Waals surface area contributed by atoms with Crippen molar-refractivity contribution in [2.75, 3.05) is 25.0 Å². The summed E-state index contributed by atoms with van der Waals surface area (Å²) in [6.45, 7) is 1.43. The van der Waals surface area contributed by atoms with Crippen LogP contribution in [0.3, 0.4) is 0 Å². The lowest BCUT2D eigenvalue weighted by Crippen LogP contribution is -2.34. The quantitative estimate of drug-likeness (QED) is 0.488. The van der Waals surface area contributed by atoms with Gasteiger partial charge in [-0.15, -0.1) is 0 Å². The van der Waals surface area contributed by atoms with Gasteiger partial charge in [0, 0.05) is 31.4 Å². The minimum Gasteiger partial charge on any atom is -0.375 e. The number of hydrogen-bond donors (Lipinski definition) is 2. The van der Waals surface area contributed by atoms with Crippen LogP contribution in [0.1, 0.15) is 34.8 Å². The fraction of sp³-hybridized carbons (Fsp3) is 0.231. The predicted octanol–water partition coefficient (Wildman–Crippen LogP) is 4.19. The molecule has 0 aliphatic carbocycles. The van der Waals surface area contributed by atoms with Gasteiger partial charge in [0.15, 0.2) is 0 Å². The molecule has 3 aromatic rings. The maximum atomic E-state index is 12.6. The van der Waals surface area contributed by atoms with E-state index in [1.807, 2.05) is 73.8 Å². The van der Waals surface area contributed by atoms with E-state index in [0.29, 0.717) is 12.1 Å². The summed E-state index contributed by atoms with van der Waals surface area (Å²) < 4.78 is 0. The average Bonchev–Trinajstić information content (AvgIpc) is 2.83. The molecule has 0 bridgehead atoms. The molecule has 1 unspecified atom stereocenters. The van der Waals surface area contributed by atoms with Crippen LogP contribution in [0.4, 0.5) is 5.69 Å². The third-order valence-corrected chi connectivity index (χ3v) is 5.12. The fourth-order valence-electron chi connectivity index (χ4n) is 3.38. The zero-order chi connectivity index (χ0) is 21.9. The molecule has 1 atom stereocenters. The summed E-state index contributed by atoms with van der Waals surface area (Å²) in [4.78, 5) is 27.4. The smallest absolute Gasteiger partial charge is 0.251 e. The van der Waals surface area contributed by atoms with Crippen molar-refractivity contribution < 1.29 is 9.59 Å². The number of amides is 2. The largest absolute Gasteiger partial charge is 0.375 e. The predicted molar refractivity (Wildman–Crippen MR) is 125 cm³/mol. The number of benzene rings is 3. The standard InChI is InChI=1S/C26H29N3O2/c1-29(23-16-9-4-10-17-23)19-11-18-27-25(30)20-24(21-12-5-2-6-13-21)28-26(31)22-14-7-3-8-15-22/h2-10,12-17,24H,11,18-20H2,1H3,(H,27,30)(H,28,31). The van der Waals surface area contributed by atoms with E-state index in [1.54, 1.807) is 12.1 Å². The molecule has 0 saturated heterocycles. The number of hydrogen-bond acceptors (Lipinski definition) is 3. The van der Waals surface area contributed by atoms with E-state index in [9.17, 15) is 9.59 Å². The SMILES string of the molecule is CN(CCCNC(=O)CC(NC(=O)c1ccccc1)c1ccccc1)c1ccccc1. The summed E-state index contributed by atoms with van der Waals surface area (Å²) in [5.41, 5.74) is 2.64. The lowest BCUT2D eigenvalue weighted by atomic mass is 10.0. The molecule has 0 spiro atoms. The Kier molecular flexibility index (Phi) is 8.23. The highest BCUT2D eigenvalue weighted by Crippen LogP contribution is 2.17. The molecule has 0 radical (unpaired) electrons. The second kappa shape index (κ2) is 11.6. The van der Waals surface area contributed by atoms with Gasteiger partial charge in [-0.2, -0.15) is 0 Å². The van der Waals surface area contributed by atoms with Gasteiger partial charge in [-0.05, 0) is 36.2 Å². The molecule has 5 heteroatoms. The Morgan fingerprint density at radius 1 is 0.839 bits per heavy atom. The van der Waals surface area contributed by atoms with Crippen LogP contribution in [0.2, 0.25) is 0 Å². The highest BCUT2D eigenvalue weighted by molar-refractivity contribution is 5.94. The number of rotatable bonds is 10.